The molecule has 0 fully saturated rings. The zero-order chi connectivity index (χ0) is 19.2. The lowest BCUT2D eigenvalue weighted by Crippen LogP contribution is -2.37. The first kappa shape index (κ1) is 19.4. The monoisotopic (exact) mass is 372 g/mol. The molecule has 7 nitrogen and oxygen atoms in total. The molecule has 3 heterocycles. The van der Waals surface area contributed by atoms with Crippen molar-refractivity contribution in [1.82, 2.24) is 19.4 Å². The Bertz CT molecular complexity index is 759. The Hall–Kier alpha value is -2.38. The molecule has 3 rings (SSSR count). The van der Waals surface area contributed by atoms with Crippen molar-refractivity contribution in [2.24, 2.45) is 0 Å². The summed E-state index contributed by atoms with van der Waals surface area (Å²) >= 11 is 0. The van der Waals surface area contributed by atoms with E-state index in [1.54, 1.807) is 32.3 Å². The van der Waals surface area contributed by atoms with Gasteiger partial charge in [0.1, 0.15) is 6.61 Å². The van der Waals surface area contributed by atoms with Crippen LogP contribution in [0.15, 0.2) is 36.7 Å². The van der Waals surface area contributed by atoms with Crippen LogP contribution in [0.1, 0.15) is 23.7 Å². The van der Waals surface area contributed by atoms with Gasteiger partial charge in [0.05, 0.1) is 7.11 Å². The summed E-state index contributed by atoms with van der Waals surface area (Å²) in [4.78, 5) is 19.9. The maximum Gasteiger partial charge on any atom is 0.248 e. The Kier molecular flexibility index (Phi) is 6.47. The van der Waals surface area contributed by atoms with Gasteiger partial charge >= 0.3 is 0 Å². The second-order valence-electron chi connectivity index (χ2n) is 7.03. The summed E-state index contributed by atoms with van der Waals surface area (Å²) in [7, 11) is 5.13. The number of likely N-dealkylation sites (N-methyl/N-ethyl adjacent to an activating group) is 1. The molecule has 0 N–H and O–H groups in total. The van der Waals surface area contributed by atoms with E-state index in [0.29, 0.717) is 18.5 Å². The molecule has 0 aliphatic carbocycles. The molecule has 2 aromatic heterocycles. The normalized spacial score (nSPS) is 16.8. The third-order valence-corrected chi connectivity index (χ3v) is 4.87. The molecule has 0 saturated heterocycles. The van der Waals surface area contributed by atoms with E-state index in [1.807, 2.05) is 6.07 Å². The van der Waals surface area contributed by atoms with Gasteiger partial charge in [0.2, 0.25) is 11.8 Å². The highest BCUT2D eigenvalue weighted by molar-refractivity contribution is 5.76. The molecule has 2 aromatic rings. The van der Waals surface area contributed by atoms with Crippen molar-refractivity contribution in [3.63, 3.8) is 0 Å². The minimum atomic E-state index is -0.00871. The summed E-state index contributed by atoms with van der Waals surface area (Å²) in [5.41, 5.74) is 2.38. The highest BCUT2D eigenvalue weighted by Gasteiger charge is 2.25. The predicted molar refractivity (Wildman–Crippen MR) is 103 cm³/mol. The standard InChI is InChI=1S/C20H28N4O3/c1-22(2)19(25)15-27-11-8-18-14-23(13-17-7-5-10-24(17)18)12-16-6-4-9-21-20(16)26-3/h4-7,9-10,18H,8,11-15H2,1-3H3. The second-order valence-corrected chi connectivity index (χ2v) is 7.03. The number of amides is 1. The van der Waals surface area contributed by atoms with Gasteiger partial charge in [-0.25, -0.2) is 4.98 Å². The molecular weight excluding hydrogens is 344 g/mol. The van der Waals surface area contributed by atoms with Gasteiger partial charge in [0.25, 0.3) is 0 Å². The number of fused-ring (bicyclic) bond motifs is 1. The number of pyridine rings is 1. The van der Waals surface area contributed by atoms with Gasteiger partial charge in [-0.1, -0.05) is 6.07 Å². The summed E-state index contributed by atoms with van der Waals surface area (Å²) in [5.74, 6) is 0.672. The molecule has 0 saturated carbocycles. The Morgan fingerprint density at radius 3 is 2.96 bits per heavy atom. The van der Waals surface area contributed by atoms with Crippen LogP contribution in [0.3, 0.4) is 0 Å². The van der Waals surface area contributed by atoms with Crippen LogP contribution in [0.25, 0.3) is 0 Å². The first-order valence-corrected chi connectivity index (χ1v) is 9.22. The van der Waals surface area contributed by atoms with E-state index >= 15 is 0 Å². The molecule has 1 aliphatic rings. The second kappa shape index (κ2) is 9.01. The van der Waals surface area contributed by atoms with E-state index in [0.717, 1.165) is 31.6 Å². The van der Waals surface area contributed by atoms with Gasteiger partial charge in [-0.2, -0.15) is 0 Å². The maximum absolute atomic E-state index is 11.6. The summed E-state index contributed by atoms with van der Waals surface area (Å²) in [6, 6.07) is 8.58. The molecule has 7 heteroatoms. The van der Waals surface area contributed by atoms with E-state index in [1.165, 1.54) is 5.69 Å². The molecule has 0 radical (unpaired) electrons. The van der Waals surface area contributed by atoms with Crippen LogP contribution >= 0.6 is 0 Å². The molecule has 146 valence electrons. The molecular formula is C20H28N4O3. The topological polar surface area (TPSA) is 59.8 Å². The van der Waals surface area contributed by atoms with E-state index in [9.17, 15) is 4.79 Å². The van der Waals surface area contributed by atoms with Crippen molar-refractivity contribution in [3.8, 4) is 5.88 Å². The highest BCUT2D eigenvalue weighted by Crippen LogP contribution is 2.27. The minimum Gasteiger partial charge on any atom is -0.481 e. The van der Waals surface area contributed by atoms with Crippen LogP contribution in [0.4, 0.5) is 0 Å². The summed E-state index contributed by atoms with van der Waals surface area (Å²) < 4.78 is 13.3. The van der Waals surface area contributed by atoms with Crippen molar-refractivity contribution in [2.75, 3.05) is 41.0 Å². The number of hydrogen-bond acceptors (Lipinski definition) is 5. The summed E-state index contributed by atoms with van der Waals surface area (Å²) in [6.07, 6.45) is 4.74. The average Bonchev–Trinajstić information content (AvgIpc) is 3.14. The van der Waals surface area contributed by atoms with Crippen molar-refractivity contribution < 1.29 is 14.3 Å². The van der Waals surface area contributed by atoms with Gasteiger partial charge in [-0.05, 0) is 24.6 Å². The lowest BCUT2D eigenvalue weighted by Gasteiger charge is -2.35. The number of methoxy groups -OCH3 is 1. The lowest BCUT2D eigenvalue weighted by atomic mass is 10.1. The number of rotatable bonds is 8. The van der Waals surface area contributed by atoms with Crippen LogP contribution in [-0.2, 0) is 22.6 Å². The van der Waals surface area contributed by atoms with E-state index < -0.39 is 0 Å². The van der Waals surface area contributed by atoms with Gasteiger partial charge in [-0.15, -0.1) is 0 Å². The lowest BCUT2D eigenvalue weighted by molar-refractivity contribution is -0.133. The number of aromatic nitrogens is 2. The zero-order valence-corrected chi connectivity index (χ0v) is 16.3. The van der Waals surface area contributed by atoms with E-state index in [2.05, 4.69) is 38.8 Å². The Balaban J connectivity index is 1.61. The molecule has 0 spiro atoms. The Morgan fingerprint density at radius 2 is 2.19 bits per heavy atom. The molecule has 1 unspecified atom stereocenters. The molecule has 1 atom stereocenters. The number of carbonyl (C=O) groups excluding carboxylic acids is 1. The molecule has 1 amide bonds. The van der Waals surface area contributed by atoms with Crippen molar-refractivity contribution in [2.45, 2.75) is 25.6 Å². The van der Waals surface area contributed by atoms with E-state index in [4.69, 9.17) is 9.47 Å². The first-order valence-electron chi connectivity index (χ1n) is 9.22. The zero-order valence-electron chi connectivity index (χ0n) is 16.3. The SMILES string of the molecule is COc1ncccc1CN1Cc2cccn2C(CCOCC(=O)N(C)C)C1. The smallest absolute Gasteiger partial charge is 0.248 e. The van der Waals surface area contributed by atoms with Gasteiger partial charge in [0, 0.05) is 70.0 Å². The summed E-state index contributed by atoms with van der Waals surface area (Å²) in [6.45, 7) is 3.30. The number of hydrogen-bond donors (Lipinski definition) is 0. The largest absolute Gasteiger partial charge is 0.481 e. The minimum absolute atomic E-state index is 0.00871. The molecule has 0 bridgehead atoms. The van der Waals surface area contributed by atoms with Crippen molar-refractivity contribution in [1.29, 1.82) is 0 Å². The Labute approximate surface area is 160 Å². The fraction of sp³-hybridized carbons (Fsp3) is 0.500. The van der Waals surface area contributed by atoms with E-state index in [-0.39, 0.29) is 12.5 Å². The average molecular weight is 372 g/mol. The highest BCUT2D eigenvalue weighted by atomic mass is 16.5. The van der Waals surface area contributed by atoms with Crippen molar-refractivity contribution in [3.05, 3.63) is 47.9 Å². The molecule has 0 aromatic carbocycles. The fourth-order valence-corrected chi connectivity index (χ4v) is 3.43. The predicted octanol–water partition coefficient (Wildman–Crippen LogP) is 1.94. The van der Waals surface area contributed by atoms with Gasteiger partial charge in [0.15, 0.2) is 0 Å². The third kappa shape index (κ3) is 4.87. The van der Waals surface area contributed by atoms with Gasteiger partial charge in [-0.3, -0.25) is 9.69 Å². The van der Waals surface area contributed by atoms with Gasteiger partial charge < -0.3 is 18.9 Å². The summed E-state index contributed by atoms with van der Waals surface area (Å²) in [5, 5.41) is 0. The maximum atomic E-state index is 11.6. The molecule has 1 aliphatic heterocycles. The fourth-order valence-electron chi connectivity index (χ4n) is 3.43. The van der Waals surface area contributed by atoms with Crippen LogP contribution in [-0.4, -0.2) is 66.2 Å². The quantitative estimate of drug-likeness (QED) is 0.663. The van der Waals surface area contributed by atoms with Crippen LogP contribution < -0.4 is 4.74 Å². The van der Waals surface area contributed by atoms with Crippen LogP contribution in [0, 0.1) is 0 Å². The Morgan fingerprint density at radius 1 is 1.33 bits per heavy atom. The number of nitrogens with zero attached hydrogens (tertiary/aromatic N) is 4. The third-order valence-electron chi connectivity index (χ3n) is 4.87. The molecule has 27 heavy (non-hydrogen) atoms. The van der Waals surface area contributed by atoms with Crippen molar-refractivity contribution >= 4 is 5.91 Å². The van der Waals surface area contributed by atoms with Crippen LogP contribution in [0.2, 0.25) is 0 Å². The number of ether oxygens (including phenoxy) is 2. The first-order chi connectivity index (χ1) is 13.1. The number of carbonyl (C=O) groups is 1. The van der Waals surface area contributed by atoms with Crippen LogP contribution in [0.5, 0.6) is 5.88 Å².